The number of benzene rings is 4. The molecule has 4 nitrogen and oxygen atoms in total. The van der Waals surface area contributed by atoms with E-state index in [0.29, 0.717) is 11.5 Å². The van der Waals surface area contributed by atoms with Crippen LogP contribution in [0.1, 0.15) is 54.1 Å². The van der Waals surface area contributed by atoms with Crippen molar-refractivity contribution >= 4 is 19.7 Å². The molecule has 4 rings (SSSR count). The van der Waals surface area contributed by atoms with Crippen LogP contribution in [0.3, 0.4) is 0 Å². The second-order valence-corrected chi connectivity index (χ2v) is 10.9. The van der Waals surface area contributed by atoms with E-state index in [4.69, 9.17) is 5.73 Å². The number of halogens is 6. The summed E-state index contributed by atoms with van der Waals surface area (Å²) >= 11 is 1.82. The maximum atomic E-state index is 14.1. The molecule has 0 unspecified atom stereocenters. The van der Waals surface area contributed by atoms with Crippen LogP contribution in [0, 0.1) is 36.0 Å². The second kappa shape index (κ2) is 16.2. The van der Waals surface area contributed by atoms with E-state index in [1.165, 1.54) is 23.3 Å². The molecule has 0 aromatic heterocycles. The van der Waals surface area contributed by atoms with Crippen molar-refractivity contribution < 1.29 is 47.7 Å². The number of aryl methyl sites for hydroxylation is 1. The first-order chi connectivity index (χ1) is 19.8. The molecule has 0 aliphatic heterocycles. The van der Waals surface area contributed by atoms with Crippen LogP contribution >= 0.6 is 9.69 Å². The van der Waals surface area contributed by atoms with Crippen molar-refractivity contribution in [1.82, 2.24) is 0 Å². The second-order valence-electron chi connectivity index (χ2n) is 9.34. The summed E-state index contributed by atoms with van der Waals surface area (Å²) in [6.45, 7) is 6.54. The minimum atomic E-state index is -5.34. The van der Waals surface area contributed by atoms with Gasteiger partial charge < -0.3 is 10.5 Å². The third kappa shape index (κ3) is 8.91. The molecule has 42 heavy (non-hydrogen) atoms. The van der Waals surface area contributed by atoms with E-state index in [1.54, 1.807) is 48.5 Å². The van der Waals surface area contributed by atoms with Gasteiger partial charge in [-0.25, -0.2) is 30.4 Å². The summed E-state index contributed by atoms with van der Waals surface area (Å²) in [5, 5.41) is 0. The van der Waals surface area contributed by atoms with E-state index in [9.17, 15) is 30.4 Å². The average molecular weight is 712 g/mol. The maximum absolute atomic E-state index is 14.1. The standard InChI is InChI=1S/C20H14F5N2O2S.C10H14.ClH.Ru/c21-13-14(22)16(24)20(17(25)15(13)23)30(28,29)27-19(12-9-5-2-6-10-12)18(26)11-7-3-1-4-8-11;1-8(2)10-6-4-9(3)5-7-10;;/h1-10,18-19H,26H2;4-8H,1-3H3;1H;/q-1;;;+2/p-1/t18-,19-;;;/m0.../s1. The topological polar surface area (TPSA) is 74.3 Å². The molecule has 0 bridgehead atoms. The van der Waals surface area contributed by atoms with Crippen LogP contribution in [0.2, 0.25) is 0 Å². The number of nitrogens with zero attached hydrogens (tertiary/aromatic N) is 1. The van der Waals surface area contributed by atoms with Gasteiger partial charge in [-0.15, -0.1) is 0 Å². The van der Waals surface area contributed by atoms with Gasteiger partial charge in [0.15, 0.2) is 23.3 Å². The van der Waals surface area contributed by atoms with Gasteiger partial charge >= 0.3 is 27.0 Å². The Labute approximate surface area is 256 Å². The molecule has 226 valence electrons. The fourth-order valence-corrected chi connectivity index (χ4v) is 5.10. The van der Waals surface area contributed by atoms with Gasteiger partial charge in [-0.1, -0.05) is 116 Å². The van der Waals surface area contributed by atoms with Crippen LogP contribution in [0.25, 0.3) is 4.72 Å². The molecular weight excluding hydrogens is 684 g/mol. The summed E-state index contributed by atoms with van der Waals surface area (Å²) in [6, 6.07) is 22.1. The molecule has 0 saturated heterocycles. The molecule has 0 fully saturated rings. The fourth-order valence-electron chi connectivity index (χ4n) is 3.81. The third-order valence-corrected chi connectivity index (χ3v) is 7.47. The first-order valence-corrected chi connectivity index (χ1v) is 16.1. The van der Waals surface area contributed by atoms with Crippen molar-refractivity contribution in [1.29, 1.82) is 0 Å². The van der Waals surface area contributed by atoms with Gasteiger partial charge in [0, 0.05) is 6.04 Å². The molecule has 12 heteroatoms. The predicted molar refractivity (Wildman–Crippen MR) is 150 cm³/mol. The van der Waals surface area contributed by atoms with Crippen molar-refractivity contribution in [2.45, 2.75) is 43.7 Å². The van der Waals surface area contributed by atoms with E-state index >= 15 is 0 Å². The van der Waals surface area contributed by atoms with E-state index in [0.717, 1.165) is 0 Å². The molecule has 0 saturated carbocycles. The zero-order chi connectivity index (χ0) is 31.6. The summed E-state index contributed by atoms with van der Waals surface area (Å²) < 4.78 is 97.3. The molecule has 0 aliphatic rings. The quantitative estimate of drug-likeness (QED) is 0.0903. The Balaban J connectivity index is 0.000000431. The van der Waals surface area contributed by atoms with Gasteiger partial charge in [0.1, 0.15) is 14.9 Å². The Morgan fingerprint density at radius 3 is 1.50 bits per heavy atom. The minimum absolute atomic E-state index is 0.265. The van der Waals surface area contributed by atoms with Gasteiger partial charge in [-0.3, -0.25) is 0 Å². The van der Waals surface area contributed by atoms with Gasteiger partial charge in [-0.05, 0) is 24.0 Å². The number of sulfonamides is 1. The summed E-state index contributed by atoms with van der Waals surface area (Å²) in [4.78, 5) is -2.03. The van der Waals surface area contributed by atoms with E-state index in [2.05, 4.69) is 59.4 Å². The van der Waals surface area contributed by atoms with Crippen molar-refractivity contribution in [3.8, 4) is 0 Å². The Bertz CT molecular complexity index is 1520. The Kier molecular flexibility index (Phi) is 13.7. The summed E-state index contributed by atoms with van der Waals surface area (Å²) in [6.07, 6.45) is 0. The van der Waals surface area contributed by atoms with Crippen molar-refractivity contribution in [3.63, 3.8) is 0 Å². The van der Waals surface area contributed by atoms with E-state index in [1.807, 2.05) is 17.3 Å². The molecule has 0 amide bonds. The normalized spacial score (nSPS) is 12.5. The van der Waals surface area contributed by atoms with Crippen LogP contribution in [-0.4, -0.2) is 8.42 Å². The monoisotopic (exact) mass is 712 g/mol. The number of hydrogen-bond acceptors (Lipinski definition) is 3. The van der Waals surface area contributed by atoms with Gasteiger partial charge in [0.2, 0.25) is 5.82 Å². The molecule has 0 spiro atoms. The number of nitrogens with two attached hydrogens (primary N) is 1. The molecular formula is C30H28ClF5N2O2RuS. The summed E-state index contributed by atoms with van der Waals surface area (Å²) in [7, 11) is -0.767. The SMILES string of the molecule is Cc1ccc(C(C)C)cc1.N[C@@H](c1ccccc1)[C@@H]([N-]S(=O)(=O)c1c(F)c(F)c(F)c(F)c1F)c1ccccc1.[Cl][Ru+]. The zero-order valence-corrected chi connectivity index (χ0v) is 26.0. The number of hydrogen-bond donors (Lipinski definition) is 1. The molecule has 0 heterocycles. The van der Waals surface area contributed by atoms with Crippen molar-refractivity contribution in [2.75, 3.05) is 0 Å². The molecule has 4 aromatic carbocycles. The first-order valence-electron chi connectivity index (χ1n) is 12.4. The summed E-state index contributed by atoms with van der Waals surface area (Å²) in [5.74, 6) is -11.6. The summed E-state index contributed by atoms with van der Waals surface area (Å²) in [5.41, 5.74) is 9.63. The van der Waals surface area contributed by atoms with Crippen LogP contribution < -0.4 is 5.73 Å². The van der Waals surface area contributed by atoms with Gasteiger partial charge in [0.05, 0.1) is 0 Å². The Morgan fingerprint density at radius 2 is 1.07 bits per heavy atom. The van der Waals surface area contributed by atoms with E-state index < -0.39 is 56.1 Å². The fraction of sp³-hybridized carbons (Fsp3) is 0.200. The zero-order valence-electron chi connectivity index (χ0n) is 22.7. The van der Waals surface area contributed by atoms with E-state index in [-0.39, 0.29) is 5.56 Å². The molecule has 4 aromatic rings. The molecule has 0 radical (unpaired) electrons. The van der Waals surface area contributed by atoms with Crippen molar-refractivity contribution in [2.24, 2.45) is 5.73 Å². The Hall–Kier alpha value is -2.69. The van der Waals surface area contributed by atoms with Crippen LogP contribution in [0.5, 0.6) is 0 Å². The average Bonchev–Trinajstić information content (AvgIpc) is 3.00. The van der Waals surface area contributed by atoms with Crippen molar-refractivity contribution in [3.05, 3.63) is 141 Å². The van der Waals surface area contributed by atoms with Crippen LogP contribution in [-0.2, 0) is 27.3 Å². The molecule has 0 aliphatic carbocycles. The third-order valence-electron chi connectivity index (χ3n) is 6.09. The van der Waals surface area contributed by atoms with Crippen LogP contribution in [0.15, 0.2) is 89.8 Å². The first kappa shape index (κ1) is 35.5. The number of rotatable bonds is 7. The van der Waals surface area contributed by atoms with Crippen LogP contribution in [0.4, 0.5) is 22.0 Å². The van der Waals surface area contributed by atoms with Gasteiger partial charge in [0.25, 0.3) is 0 Å². The molecule has 2 N–H and O–H groups in total. The Morgan fingerprint density at radius 1 is 0.667 bits per heavy atom. The van der Waals surface area contributed by atoms with Gasteiger partial charge in [-0.2, -0.15) is 0 Å². The predicted octanol–water partition coefficient (Wildman–Crippen LogP) is 8.69. The molecule has 2 atom stereocenters.